The number of benzene rings is 2. The zero-order valence-electron chi connectivity index (χ0n) is 15.4. The highest BCUT2D eigenvalue weighted by Crippen LogP contribution is 2.36. The quantitative estimate of drug-likeness (QED) is 0.762. The van der Waals surface area contributed by atoms with E-state index in [1.54, 1.807) is 16.7 Å². The first-order valence-electron chi connectivity index (χ1n) is 9.39. The number of hydrogen-bond donors (Lipinski definition) is 0. The van der Waals surface area contributed by atoms with Gasteiger partial charge in [0.15, 0.2) is 0 Å². The maximum absolute atomic E-state index is 11.9. The molecular weight excluding hydrogens is 342 g/mol. The summed E-state index contributed by atoms with van der Waals surface area (Å²) in [5, 5.41) is 0. The largest absolute Gasteiger partial charge is 0.378 e. The Hall–Kier alpha value is -1.78. The fraction of sp³-hybridized carbons (Fsp3) is 0.409. The summed E-state index contributed by atoms with van der Waals surface area (Å²) >= 11 is 1.81. The molecule has 26 heavy (non-hydrogen) atoms. The van der Waals surface area contributed by atoms with Crippen molar-refractivity contribution in [1.82, 2.24) is 0 Å². The maximum atomic E-state index is 11.9. The molecule has 2 aromatic rings. The number of amides is 1. The van der Waals surface area contributed by atoms with Crippen LogP contribution in [0.1, 0.15) is 43.2 Å². The van der Waals surface area contributed by atoms with Crippen LogP contribution < -0.4 is 4.90 Å². The first kappa shape index (κ1) is 17.6. The smallest absolute Gasteiger partial charge is 0.227 e. The summed E-state index contributed by atoms with van der Waals surface area (Å²) < 4.78 is 5.69. The minimum atomic E-state index is 0.205. The molecule has 2 heterocycles. The van der Waals surface area contributed by atoms with Gasteiger partial charge in [-0.05, 0) is 73.6 Å². The van der Waals surface area contributed by atoms with Crippen molar-refractivity contribution < 1.29 is 9.53 Å². The molecule has 0 N–H and O–H groups in total. The van der Waals surface area contributed by atoms with E-state index in [0.717, 1.165) is 31.6 Å². The average molecular weight is 368 g/mol. The molecule has 0 aromatic heterocycles. The molecule has 1 saturated heterocycles. The molecule has 1 amide bonds. The SMILES string of the molecule is CC1CC(c2cccc(Sc3ccc4c(c3)CCC(=O)N4C)c2)CCO1. The molecule has 2 unspecified atom stereocenters. The molecule has 2 aliphatic rings. The molecule has 136 valence electrons. The van der Waals surface area contributed by atoms with Crippen LogP contribution in [0.25, 0.3) is 0 Å². The Bertz CT molecular complexity index is 820. The van der Waals surface area contributed by atoms with E-state index >= 15 is 0 Å². The van der Waals surface area contributed by atoms with Gasteiger partial charge < -0.3 is 9.64 Å². The van der Waals surface area contributed by atoms with Gasteiger partial charge in [-0.2, -0.15) is 0 Å². The van der Waals surface area contributed by atoms with E-state index in [4.69, 9.17) is 4.74 Å². The lowest BCUT2D eigenvalue weighted by Gasteiger charge is -2.28. The number of aryl methyl sites for hydroxylation is 1. The number of carbonyl (C=O) groups excluding carboxylic acids is 1. The van der Waals surface area contributed by atoms with E-state index < -0.39 is 0 Å². The van der Waals surface area contributed by atoms with Gasteiger partial charge in [0, 0.05) is 35.6 Å². The Morgan fingerprint density at radius 1 is 1.12 bits per heavy atom. The van der Waals surface area contributed by atoms with E-state index in [0.29, 0.717) is 18.4 Å². The molecule has 2 atom stereocenters. The number of ether oxygens (including phenoxy) is 1. The first-order chi connectivity index (χ1) is 12.6. The van der Waals surface area contributed by atoms with Gasteiger partial charge in [0.1, 0.15) is 0 Å². The van der Waals surface area contributed by atoms with Crippen LogP contribution in [0.5, 0.6) is 0 Å². The minimum absolute atomic E-state index is 0.205. The Balaban J connectivity index is 1.53. The zero-order chi connectivity index (χ0) is 18.1. The van der Waals surface area contributed by atoms with Crippen molar-refractivity contribution in [2.75, 3.05) is 18.6 Å². The van der Waals surface area contributed by atoms with E-state index in [9.17, 15) is 4.79 Å². The molecule has 3 nitrogen and oxygen atoms in total. The fourth-order valence-electron chi connectivity index (χ4n) is 3.97. The molecule has 2 aliphatic heterocycles. The number of carbonyl (C=O) groups is 1. The van der Waals surface area contributed by atoms with Gasteiger partial charge in [-0.3, -0.25) is 4.79 Å². The summed E-state index contributed by atoms with van der Waals surface area (Å²) in [5.41, 5.74) is 3.75. The molecule has 0 spiro atoms. The van der Waals surface area contributed by atoms with Gasteiger partial charge in [0.25, 0.3) is 0 Å². The van der Waals surface area contributed by atoms with Crippen molar-refractivity contribution in [2.24, 2.45) is 0 Å². The standard InChI is InChI=1S/C22H25NO2S/c1-15-12-17(10-11-25-15)16-4-3-5-19(13-16)26-20-7-8-21-18(14-20)6-9-22(24)23(21)2/h3-5,7-8,13-15,17H,6,9-12H2,1-2H3. The third-order valence-corrected chi connectivity index (χ3v) is 6.42. The summed E-state index contributed by atoms with van der Waals surface area (Å²) in [6.07, 6.45) is 4.01. The predicted octanol–water partition coefficient (Wildman–Crippen LogP) is 5.03. The third kappa shape index (κ3) is 3.67. The van der Waals surface area contributed by atoms with Crippen LogP contribution in [0.4, 0.5) is 5.69 Å². The lowest BCUT2D eigenvalue weighted by atomic mass is 9.89. The summed E-state index contributed by atoms with van der Waals surface area (Å²) in [5.74, 6) is 0.804. The zero-order valence-corrected chi connectivity index (χ0v) is 16.2. The minimum Gasteiger partial charge on any atom is -0.378 e. The summed E-state index contributed by atoms with van der Waals surface area (Å²) in [6, 6.07) is 15.4. The second-order valence-electron chi connectivity index (χ2n) is 7.32. The Labute approximate surface area is 159 Å². The normalized spacial score (nSPS) is 23.0. The van der Waals surface area contributed by atoms with Crippen molar-refractivity contribution in [2.45, 2.75) is 54.4 Å². The highest BCUT2D eigenvalue weighted by Gasteiger charge is 2.22. The number of nitrogens with zero attached hydrogens (tertiary/aromatic N) is 1. The molecule has 2 aromatic carbocycles. The van der Waals surface area contributed by atoms with Gasteiger partial charge in [-0.1, -0.05) is 23.9 Å². The first-order valence-corrected chi connectivity index (χ1v) is 10.2. The van der Waals surface area contributed by atoms with Crippen LogP contribution in [0.3, 0.4) is 0 Å². The van der Waals surface area contributed by atoms with E-state index in [1.807, 2.05) is 7.05 Å². The molecule has 0 bridgehead atoms. The Kier molecular flexibility index (Phi) is 5.05. The second kappa shape index (κ2) is 7.45. The number of rotatable bonds is 3. The van der Waals surface area contributed by atoms with Gasteiger partial charge in [-0.15, -0.1) is 0 Å². The van der Waals surface area contributed by atoms with Crippen LogP contribution in [0.2, 0.25) is 0 Å². The van der Waals surface area contributed by atoms with Crippen molar-refractivity contribution in [1.29, 1.82) is 0 Å². The molecule has 0 radical (unpaired) electrons. The van der Waals surface area contributed by atoms with Crippen molar-refractivity contribution in [3.8, 4) is 0 Å². The van der Waals surface area contributed by atoms with Gasteiger partial charge in [0.2, 0.25) is 5.91 Å². The van der Waals surface area contributed by atoms with Crippen LogP contribution >= 0.6 is 11.8 Å². The van der Waals surface area contributed by atoms with Crippen LogP contribution in [0, 0.1) is 0 Å². The van der Waals surface area contributed by atoms with E-state index in [1.165, 1.54) is 20.9 Å². The molecule has 1 fully saturated rings. The highest BCUT2D eigenvalue weighted by atomic mass is 32.2. The van der Waals surface area contributed by atoms with E-state index in [2.05, 4.69) is 49.4 Å². The van der Waals surface area contributed by atoms with E-state index in [-0.39, 0.29) is 5.91 Å². The predicted molar refractivity (Wildman–Crippen MR) is 106 cm³/mol. The topological polar surface area (TPSA) is 29.5 Å². The van der Waals surface area contributed by atoms with Crippen LogP contribution in [-0.2, 0) is 16.0 Å². The molecule has 0 saturated carbocycles. The maximum Gasteiger partial charge on any atom is 0.227 e. The lowest BCUT2D eigenvalue weighted by molar-refractivity contribution is -0.118. The summed E-state index contributed by atoms with van der Waals surface area (Å²) in [4.78, 5) is 16.2. The fourth-order valence-corrected chi connectivity index (χ4v) is 4.92. The Morgan fingerprint density at radius 2 is 1.96 bits per heavy atom. The van der Waals surface area contributed by atoms with Gasteiger partial charge in [-0.25, -0.2) is 0 Å². The molecule has 4 heteroatoms. The van der Waals surface area contributed by atoms with Gasteiger partial charge in [0.05, 0.1) is 6.10 Å². The monoisotopic (exact) mass is 367 g/mol. The number of anilines is 1. The molecule has 0 aliphatic carbocycles. The molecular formula is C22H25NO2S. The highest BCUT2D eigenvalue weighted by molar-refractivity contribution is 7.99. The third-order valence-electron chi connectivity index (χ3n) is 5.44. The second-order valence-corrected chi connectivity index (χ2v) is 8.47. The van der Waals surface area contributed by atoms with Crippen molar-refractivity contribution in [3.05, 3.63) is 53.6 Å². The number of hydrogen-bond acceptors (Lipinski definition) is 3. The average Bonchev–Trinajstić information content (AvgIpc) is 2.65. The van der Waals surface area contributed by atoms with Gasteiger partial charge >= 0.3 is 0 Å². The Morgan fingerprint density at radius 3 is 2.81 bits per heavy atom. The van der Waals surface area contributed by atoms with Crippen molar-refractivity contribution >= 4 is 23.4 Å². The van der Waals surface area contributed by atoms with Crippen LogP contribution in [0.15, 0.2) is 52.3 Å². The lowest BCUT2D eigenvalue weighted by Crippen LogP contribution is -2.30. The van der Waals surface area contributed by atoms with Crippen LogP contribution in [-0.4, -0.2) is 25.7 Å². The summed E-state index contributed by atoms with van der Waals surface area (Å²) in [6.45, 7) is 3.03. The number of fused-ring (bicyclic) bond motifs is 1. The van der Waals surface area contributed by atoms with Crippen molar-refractivity contribution in [3.63, 3.8) is 0 Å². The molecule has 4 rings (SSSR count). The summed E-state index contributed by atoms with van der Waals surface area (Å²) in [7, 11) is 1.87.